The fourth-order valence-electron chi connectivity index (χ4n) is 2.21. The van der Waals surface area contributed by atoms with Crippen molar-refractivity contribution in [3.05, 3.63) is 35.4 Å². The number of rotatable bonds is 7. The van der Waals surface area contributed by atoms with Gasteiger partial charge < -0.3 is 11.1 Å². The molecule has 1 aromatic rings. The normalized spacial score (nSPS) is 12.7. The van der Waals surface area contributed by atoms with Gasteiger partial charge in [0, 0.05) is 6.42 Å². The minimum absolute atomic E-state index is 0. The van der Waals surface area contributed by atoms with Gasteiger partial charge in [0.1, 0.15) is 0 Å². The number of carbonyl (C=O) groups is 1. The summed E-state index contributed by atoms with van der Waals surface area (Å²) in [6.07, 6.45) is -2.97. The Kier molecular flexibility index (Phi) is 9.24. The van der Waals surface area contributed by atoms with Gasteiger partial charge in [0.25, 0.3) is 0 Å². The monoisotopic (exact) mass is 352 g/mol. The highest BCUT2D eigenvalue weighted by Crippen LogP contribution is 2.32. The zero-order chi connectivity index (χ0) is 16.8. The predicted octanol–water partition coefficient (Wildman–Crippen LogP) is 4.07. The third-order valence-corrected chi connectivity index (χ3v) is 3.27. The first-order chi connectivity index (χ1) is 10.2. The van der Waals surface area contributed by atoms with E-state index < -0.39 is 17.8 Å². The molecular formula is C16H24ClF3N2O. The third-order valence-electron chi connectivity index (χ3n) is 3.27. The molecule has 0 aliphatic rings. The van der Waals surface area contributed by atoms with Crippen molar-refractivity contribution in [2.45, 2.75) is 45.3 Å². The second-order valence-corrected chi connectivity index (χ2v) is 5.77. The molecule has 0 heterocycles. The molecule has 0 aromatic heterocycles. The fraction of sp³-hybridized carbons (Fsp3) is 0.562. The van der Waals surface area contributed by atoms with Crippen molar-refractivity contribution in [3.8, 4) is 0 Å². The number of nitrogens with two attached hydrogens (primary N) is 1. The van der Waals surface area contributed by atoms with E-state index in [0.29, 0.717) is 24.9 Å². The lowest BCUT2D eigenvalue weighted by Crippen LogP contribution is -2.30. The first kappa shape index (κ1) is 21.7. The van der Waals surface area contributed by atoms with Crippen molar-refractivity contribution in [3.63, 3.8) is 0 Å². The lowest BCUT2D eigenvalue weighted by Gasteiger charge is -2.22. The van der Waals surface area contributed by atoms with Crippen LogP contribution in [0.1, 0.15) is 50.3 Å². The van der Waals surface area contributed by atoms with Gasteiger partial charge in [0.15, 0.2) is 0 Å². The number of amides is 1. The van der Waals surface area contributed by atoms with E-state index in [1.165, 1.54) is 6.07 Å². The average molecular weight is 353 g/mol. The lowest BCUT2D eigenvalue weighted by atomic mass is 9.95. The number of hydrogen-bond acceptors (Lipinski definition) is 2. The maximum absolute atomic E-state index is 12.8. The van der Waals surface area contributed by atoms with E-state index in [4.69, 9.17) is 5.73 Å². The minimum Gasteiger partial charge on any atom is -0.349 e. The molecule has 7 heteroatoms. The molecule has 1 rings (SSSR count). The van der Waals surface area contributed by atoms with E-state index in [1.54, 1.807) is 6.07 Å². The van der Waals surface area contributed by atoms with Crippen LogP contribution >= 0.6 is 12.4 Å². The molecular weight excluding hydrogens is 329 g/mol. The molecule has 0 fully saturated rings. The van der Waals surface area contributed by atoms with Gasteiger partial charge in [0.05, 0.1) is 11.6 Å². The standard InChI is InChI=1S/C16H23F3N2O.ClH/c1-11(2)9-14(21-15(22)7-4-8-20)12-5-3-6-13(10-12)16(17,18)19;/h3,5-6,10-11,14H,4,7-9,20H2,1-2H3,(H,21,22);1H. The molecule has 1 aromatic carbocycles. The van der Waals surface area contributed by atoms with Gasteiger partial charge in [-0.3, -0.25) is 4.79 Å². The molecule has 0 radical (unpaired) electrons. The van der Waals surface area contributed by atoms with Crippen molar-refractivity contribution in [2.24, 2.45) is 11.7 Å². The smallest absolute Gasteiger partial charge is 0.349 e. The first-order valence-electron chi connectivity index (χ1n) is 7.40. The SMILES string of the molecule is CC(C)CC(NC(=O)CCCN)c1cccc(C(F)(F)F)c1.Cl. The molecule has 132 valence electrons. The fourth-order valence-corrected chi connectivity index (χ4v) is 2.21. The first-order valence-corrected chi connectivity index (χ1v) is 7.40. The van der Waals surface area contributed by atoms with Crippen LogP contribution in [0.5, 0.6) is 0 Å². The molecule has 0 spiro atoms. The van der Waals surface area contributed by atoms with E-state index in [1.807, 2.05) is 13.8 Å². The summed E-state index contributed by atoms with van der Waals surface area (Å²) in [6, 6.07) is 4.71. The quantitative estimate of drug-likeness (QED) is 0.777. The van der Waals surface area contributed by atoms with Crippen molar-refractivity contribution in [1.29, 1.82) is 0 Å². The number of carbonyl (C=O) groups excluding carboxylic acids is 1. The molecule has 0 aliphatic heterocycles. The van der Waals surface area contributed by atoms with Gasteiger partial charge in [0.2, 0.25) is 5.91 Å². The Balaban J connectivity index is 0.00000484. The summed E-state index contributed by atoms with van der Waals surface area (Å²) in [5, 5.41) is 2.82. The van der Waals surface area contributed by atoms with E-state index in [9.17, 15) is 18.0 Å². The maximum Gasteiger partial charge on any atom is 0.416 e. The van der Waals surface area contributed by atoms with E-state index in [0.717, 1.165) is 12.1 Å². The molecule has 0 saturated heterocycles. The van der Waals surface area contributed by atoms with Crippen LogP contribution in [0.15, 0.2) is 24.3 Å². The van der Waals surface area contributed by atoms with E-state index in [-0.39, 0.29) is 30.7 Å². The van der Waals surface area contributed by atoms with Crippen molar-refractivity contribution >= 4 is 18.3 Å². The van der Waals surface area contributed by atoms with Crippen molar-refractivity contribution < 1.29 is 18.0 Å². The lowest BCUT2D eigenvalue weighted by molar-refractivity contribution is -0.137. The number of benzene rings is 1. The Labute approximate surface area is 141 Å². The highest BCUT2D eigenvalue weighted by atomic mass is 35.5. The van der Waals surface area contributed by atoms with Crippen LogP contribution in [0.4, 0.5) is 13.2 Å². The summed E-state index contributed by atoms with van der Waals surface area (Å²) in [4.78, 5) is 11.9. The topological polar surface area (TPSA) is 55.1 Å². The van der Waals surface area contributed by atoms with Crippen molar-refractivity contribution in [2.75, 3.05) is 6.54 Å². The molecule has 1 unspecified atom stereocenters. The highest BCUT2D eigenvalue weighted by molar-refractivity contribution is 5.85. The summed E-state index contributed by atoms with van der Waals surface area (Å²) >= 11 is 0. The molecule has 23 heavy (non-hydrogen) atoms. The van der Waals surface area contributed by atoms with Gasteiger partial charge in [-0.05, 0) is 43.0 Å². The minimum atomic E-state index is -4.39. The third kappa shape index (κ3) is 7.70. The van der Waals surface area contributed by atoms with Crippen LogP contribution in [-0.4, -0.2) is 12.5 Å². The van der Waals surface area contributed by atoms with Crippen LogP contribution in [0, 0.1) is 5.92 Å². The van der Waals surface area contributed by atoms with Crippen LogP contribution in [0.3, 0.4) is 0 Å². The summed E-state index contributed by atoms with van der Waals surface area (Å²) < 4.78 is 38.5. The van der Waals surface area contributed by atoms with Gasteiger partial charge >= 0.3 is 6.18 Å². The second kappa shape index (κ2) is 9.78. The summed E-state index contributed by atoms with van der Waals surface area (Å²) in [5.74, 6) is 0.0582. The van der Waals surface area contributed by atoms with Crippen LogP contribution < -0.4 is 11.1 Å². The average Bonchev–Trinajstić information content (AvgIpc) is 2.43. The van der Waals surface area contributed by atoms with Crippen molar-refractivity contribution in [1.82, 2.24) is 5.32 Å². The number of nitrogens with one attached hydrogen (secondary N) is 1. The molecule has 1 atom stereocenters. The molecule has 0 aliphatic carbocycles. The van der Waals surface area contributed by atoms with Gasteiger partial charge in [-0.15, -0.1) is 12.4 Å². The van der Waals surface area contributed by atoms with Gasteiger partial charge in [-0.1, -0.05) is 26.0 Å². The molecule has 1 amide bonds. The summed E-state index contributed by atoms with van der Waals surface area (Å²) in [6.45, 7) is 4.34. The van der Waals surface area contributed by atoms with Crippen LogP contribution in [0.2, 0.25) is 0 Å². The Morgan fingerprint density at radius 3 is 2.48 bits per heavy atom. The Bertz CT molecular complexity index is 492. The molecule has 3 nitrogen and oxygen atoms in total. The number of alkyl halides is 3. The zero-order valence-electron chi connectivity index (χ0n) is 13.3. The summed E-state index contributed by atoms with van der Waals surface area (Å²) in [7, 11) is 0. The predicted molar refractivity (Wildman–Crippen MR) is 87.3 cm³/mol. The van der Waals surface area contributed by atoms with Gasteiger partial charge in [-0.25, -0.2) is 0 Å². The van der Waals surface area contributed by atoms with E-state index in [2.05, 4.69) is 5.32 Å². The zero-order valence-corrected chi connectivity index (χ0v) is 14.1. The molecule has 0 saturated carbocycles. The number of halogens is 4. The largest absolute Gasteiger partial charge is 0.416 e. The number of hydrogen-bond donors (Lipinski definition) is 2. The maximum atomic E-state index is 12.8. The van der Waals surface area contributed by atoms with E-state index >= 15 is 0 Å². The molecule has 0 bridgehead atoms. The Hall–Kier alpha value is -1.27. The summed E-state index contributed by atoms with van der Waals surface area (Å²) in [5.41, 5.74) is 5.14. The van der Waals surface area contributed by atoms with Gasteiger partial charge in [-0.2, -0.15) is 13.2 Å². The highest BCUT2D eigenvalue weighted by Gasteiger charge is 2.31. The Morgan fingerprint density at radius 1 is 1.30 bits per heavy atom. The Morgan fingerprint density at radius 2 is 1.96 bits per heavy atom. The van der Waals surface area contributed by atoms with Crippen LogP contribution in [-0.2, 0) is 11.0 Å². The second-order valence-electron chi connectivity index (χ2n) is 5.77. The van der Waals surface area contributed by atoms with Crippen LogP contribution in [0.25, 0.3) is 0 Å². The molecule has 3 N–H and O–H groups in total.